The molecule has 2 aliphatic rings. The first-order valence-corrected chi connectivity index (χ1v) is 10.7. The van der Waals surface area contributed by atoms with Gasteiger partial charge in [0.2, 0.25) is 0 Å². The Bertz CT molecular complexity index is 344. The number of rotatable bonds is 2. The number of thioether (sulfide) groups is 4. The zero-order chi connectivity index (χ0) is 12.2. The molecule has 3 rings (SSSR count). The third kappa shape index (κ3) is 3.20. The predicted octanol–water partition coefficient (Wildman–Crippen LogP) is 5.42. The summed E-state index contributed by atoms with van der Waals surface area (Å²) in [5, 5.41) is 0. The quantitative estimate of drug-likeness (QED) is 0.714. The molecule has 0 unspecified atom stereocenters. The van der Waals surface area contributed by atoms with Crippen LogP contribution in [0, 0.1) is 0 Å². The van der Waals surface area contributed by atoms with Crippen LogP contribution in [0.3, 0.4) is 0 Å². The molecule has 18 heavy (non-hydrogen) atoms. The summed E-state index contributed by atoms with van der Waals surface area (Å²) in [4.78, 5) is 0. The molecule has 4 heteroatoms. The highest BCUT2D eigenvalue weighted by Crippen LogP contribution is 2.51. The van der Waals surface area contributed by atoms with Crippen LogP contribution in [-0.2, 0) is 0 Å². The SMILES string of the molecule is c1ccc(C2SCCCS2)c(C2SCCCS2)c1. The molecule has 2 fully saturated rings. The summed E-state index contributed by atoms with van der Waals surface area (Å²) in [7, 11) is 0. The van der Waals surface area contributed by atoms with Crippen LogP contribution in [0.4, 0.5) is 0 Å². The number of benzene rings is 1. The normalized spacial score (nSPS) is 23.1. The maximum Gasteiger partial charge on any atom is 0.0754 e. The second kappa shape index (κ2) is 6.87. The van der Waals surface area contributed by atoms with Crippen molar-refractivity contribution in [2.24, 2.45) is 0 Å². The molecule has 98 valence electrons. The third-order valence-electron chi connectivity index (χ3n) is 3.16. The lowest BCUT2D eigenvalue weighted by Crippen LogP contribution is -2.07. The Morgan fingerprint density at radius 2 is 1.06 bits per heavy atom. The first kappa shape index (κ1) is 13.6. The highest BCUT2D eigenvalue weighted by atomic mass is 32.2. The van der Waals surface area contributed by atoms with Gasteiger partial charge in [0, 0.05) is 0 Å². The highest BCUT2D eigenvalue weighted by molar-refractivity contribution is 8.17. The lowest BCUT2D eigenvalue weighted by atomic mass is 10.1. The van der Waals surface area contributed by atoms with Crippen molar-refractivity contribution in [3.8, 4) is 0 Å². The summed E-state index contributed by atoms with van der Waals surface area (Å²) in [6.45, 7) is 0. The second-order valence-corrected chi connectivity index (χ2v) is 9.93. The molecule has 2 aliphatic heterocycles. The molecule has 0 aromatic heterocycles. The van der Waals surface area contributed by atoms with Crippen molar-refractivity contribution in [3.63, 3.8) is 0 Å². The van der Waals surface area contributed by atoms with E-state index in [1.165, 1.54) is 35.9 Å². The van der Waals surface area contributed by atoms with Gasteiger partial charge >= 0.3 is 0 Å². The molecule has 0 radical (unpaired) electrons. The Balaban J connectivity index is 1.83. The summed E-state index contributed by atoms with van der Waals surface area (Å²) in [6, 6.07) is 9.15. The number of hydrogen-bond acceptors (Lipinski definition) is 4. The first-order chi connectivity index (χ1) is 8.95. The van der Waals surface area contributed by atoms with Gasteiger partial charge < -0.3 is 0 Å². The largest absolute Gasteiger partial charge is 0.143 e. The molecule has 2 heterocycles. The van der Waals surface area contributed by atoms with Crippen LogP contribution < -0.4 is 0 Å². The minimum atomic E-state index is 0.679. The standard InChI is InChI=1S/C14H18S4/c1-2-6-12(14-17-9-4-10-18-14)11(5-1)13-15-7-3-8-16-13/h1-2,5-6,13-14H,3-4,7-10H2. The average molecular weight is 315 g/mol. The molecular formula is C14H18S4. The molecule has 1 aromatic rings. The maximum absolute atomic E-state index is 2.36. The summed E-state index contributed by atoms with van der Waals surface area (Å²) in [5.74, 6) is 5.32. The van der Waals surface area contributed by atoms with E-state index in [1.807, 2.05) is 0 Å². The second-order valence-electron chi connectivity index (χ2n) is 4.48. The van der Waals surface area contributed by atoms with Gasteiger partial charge in [-0.2, -0.15) is 0 Å². The van der Waals surface area contributed by atoms with Gasteiger partial charge in [0.25, 0.3) is 0 Å². The van der Waals surface area contributed by atoms with Crippen LogP contribution in [0.15, 0.2) is 24.3 Å². The summed E-state index contributed by atoms with van der Waals surface area (Å²) in [5.41, 5.74) is 3.19. The van der Waals surface area contributed by atoms with Crippen LogP contribution >= 0.6 is 47.0 Å². The van der Waals surface area contributed by atoms with E-state index >= 15 is 0 Å². The molecule has 2 saturated heterocycles. The maximum atomic E-state index is 2.36. The van der Waals surface area contributed by atoms with Gasteiger partial charge in [-0.05, 0) is 47.0 Å². The predicted molar refractivity (Wildman–Crippen MR) is 91.0 cm³/mol. The van der Waals surface area contributed by atoms with Crippen LogP contribution in [0.25, 0.3) is 0 Å². The van der Waals surface area contributed by atoms with E-state index in [0.717, 1.165) is 0 Å². The van der Waals surface area contributed by atoms with Crippen LogP contribution in [0.2, 0.25) is 0 Å². The molecule has 0 spiro atoms. The molecule has 0 atom stereocenters. The van der Waals surface area contributed by atoms with Gasteiger partial charge in [-0.25, -0.2) is 0 Å². The van der Waals surface area contributed by atoms with Crippen molar-refractivity contribution in [2.45, 2.75) is 22.0 Å². The summed E-state index contributed by atoms with van der Waals surface area (Å²) in [6.07, 6.45) is 2.75. The Kier molecular flexibility index (Phi) is 5.19. The van der Waals surface area contributed by atoms with Gasteiger partial charge in [0.15, 0.2) is 0 Å². The molecule has 0 bridgehead atoms. The smallest absolute Gasteiger partial charge is 0.0754 e. The van der Waals surface area contributed by atoms with Crippen molar-refractivity contribution in [2.75, 3.05) is 23.0 Å². The lowest BCUT2D eigenvalue weighted by Gasteiger charge is -2.28. The van der Waals surface area contributed by atoms with E-state index in [-0.39, 0.29) is 0 Å². The summed E-state index contributed by atoms with van der Waals surface area (Å²) < 4.78 is 1.36. The topological polar surface area (TPSA) is 0 Å². The van der Waals surface area contributed by atoms with Gasteiger partial charge in [-0.3, -0.25) is 0 Å². The molecule has 0 N–H and O–H groups in total. The molecule has 0 nitrogen and oxygen atoms in total. The van der Waals surface area contributed by atoms with Crippen molar-refractivity contribution in [1.29, 1.82) is 0 Å². The fraction of sp³-hybridized carbons (Fsp3) is 0.571. The van der Waals surface area contributed by atoms with Gasteiger partial charge in [0.1, 0.15) is 0 Å². The first-order valence-electron chi connectivity index (χ1n) is 6.50. The Hall–Kier alpha value is 0.620. The van der Waals surface area contributed by atoms with E-state index < -0.39 is 0 Å². The lowest BCUT2D eigenvalue weighted by molar-refractivity contribution is 1.08. The fourth-order valence-electron chi connectivity index (χ4n) is 2.27. The van der Waals surface area contributed by atoms with Crippen LogP contribution in [0.5, 0.6) is 0 Å². The summed E-state index contributed by atoms with van der Waals surface area (Å²) >= 11 is 8.56. The van der Waals surface area contributed by atoms with Crippen molar-refractivity contribution < 1.29 is 0 Å². The zero-order valence-corrected chi connectivity index (χ0v) is 13.6. The van der Waals surface area contributed by atoms with Crippen molar-refractivity contribution in [3.05, 3.63) is 35.4 Å². The van der Waals surface area contributed by atoms with Crippen LogP contribution in [-0.4, -0.2) is 23.0 Å². The average Bonchev–Trinajstić information content (AvgIpc) is 2.49. The van der Waals surface area contributed by atoms with E-state index in [0.29, 0.717) is 9.16 Å². The van der Waals surface area contributed by atoms with E-state index in [4.69, 9.17) is 0 Å². The van der Waals surface area contributed by atoms with Gasteiger partial charge in [0.05, 0.1) is 9.16 Å². The fourth-order valence-corrected chi connectivity index (χ4v) is 8.24. The van der Waals surface area contributed by atoms with Gasteiger partial charge in [-0.1, -0.05) is 24.3 Å². The van der Waals surface area contributed by atoms with Crippen molar-refractivity contribution >= 4 is 47.0 Å². The van der Waals surface area contributed by atoms with E-state index in [9.17, 15) is 0 Å². The van der Waals surface area contributed by atoms with E-state index in [1.54, 1.807) is 11.1 Å². The molecule has 1 aromatic carbocycles. The Morgan fingerprint density at radius 1 is 0.667 bits per heavy atom. The third-order valence-corrected chi connectivity index (χ3v) is 9.12. The van der Waals surface area contributed by atoms with E-state index in [2.05, 4.69) is 71.3 Å². The van der Waals surface area contributed by atoms with Crippen LogP contribution in [0.1, 0.15) is 33.1 Å². The zero-order valence-electron chi connectivity index (χ0n) is 10.3. The molecule has 0 aliphatic carbocycles. The minimum absolute atomic E-state index is 0.679. The molecular weight excluding hydrogens is 296 g/mol. The monoisotopic (exact) mass is 314 g/mol. The minimum Gasteiger partial charge on any atom is -0.143 e. The number of hydrogen-bond donors (Lipinski definition) is 0. The Labute approximate surface area is 127 Å². The Morgan fingerprint density at radius 3 is 1.44 bits per heavy atom. The highest BCUT2D eigenvalue weighted by Gasteiger charge is 2.24. The van der Waals surface area contributed by atoms with Gasteiger partial charge in [-0.15, -0.1) is 47.0 Å². The molecule has 0 saturated carbocycles. The molecule has 0 amide bonds. The van der Waals surface area contributed by atoms with Crippen molar-refractivity contribution in [1.82, 2.24) is 0 Å².